The minimum Gasteiger partial charge on any atom is -0.382 e. The number of hydrogen-bond acceptors (Lipinski definition) is 7. The van der Waals surface area contributed by atoms with Crippen LogP contribution in [0.4, 0.5) is 30.4 Å². The van der Waals surface area contributed by atoms with E-state index in [1.54, 1.807) is 4.90 Å². The van der Waals surface area contributed by atoms with Crippen molar-refractivity contribution in [3.05, 3.63) is 70.3 Å². The standard InChI is InChI=1S/C28H30F3N5O4/c29-28(30,31)23-17-21(8-11-25(23)36(38)39)32-20-6-9-22(10-7-20)40-18-27(37)35-15-13-34(14-16-35)26-12-5-19-3-1-2-4-24(19)33-26/h1-5,8,11-12,17,20,22,32H,6-7,9-10,13-16,18H2. The Bertz CT molecular complexity index is 1370. The molecule has 2 fully saturated rings. The van der Waals surface area contributed by atoms with E-state index in [1.807, 2.05) is 30.3 Å². The molecular weight excluding hydrogens is 527 g/mol. The molecule has 2 aliphatic rings. The molecule has 12 heteroatoms. The molecular formula is C28H30F3N5O4. The van der Waals surface area contributed by atoms with E-state index < -0.39 is 22.4 Å². The summed E-state index contributed by atoms with van der Waals surface area (Å²) in [6, 6.07) is 14.9. The maximum Gasteiger partial charge on any atom is 0.423 e. The second-order valence-corrected chi connectivity index (χ2v) is 10.1. The van der Waals surface area contributed by atoms with Gasteiger partial charge in [0.15, 0.2) is 0 Å². The van der Waals surface area contributed by atoms with Crippen LogP contribution >= 0.6 is 0 Å². The zero-order valence-corrected chi connectivity index (χ0v) is 21.8. The predicted octanol–water partition coefficient (Wildman–Crippen LogP) is 5.25. The van der Waals surface area contributed by atoms with Gasteiger partial charge in [0.2, 0.25) is 5.91 Å². The van der Waals surface area contributed by atoms with E-state index in [0.717, 1.165) is 28.9 Å². The normalized spacial score (nSPS) is 20.0. The van der Waals surface area contributed by atoms with Gasteiger partial charge in [0.25, 0.3) is 5.69 Å². The van der Waals surface area contributed by atoms with Gasteiger partial charge < -0.3 is 19.9 Å². The summed E-state index contributed by atoms with van der Waals surface area (Å²) in [7, 11) is 0. The number of carbonyl (C=O) groups excluding carboxylic acids is 1. The number of carbonyl (C=O) groups is 1. The van der Waals surface area contributed by atoms with Gasteiger partial charge in [0, 0.05) is 49.4 Å². The van der Waals surface area contributed by atoms with Gasteiger partial charge in [-0.2, -0.15) is 13.2 Å². The maximum absolute atomic E-state index is 13.3. The number of nitro benzene ring substituents is 1. The van der Waals surface area contributed by atoms with Gasteiger partial charge in [0.05, 0.1) is 16.5 Å². The van der Waals surface area contributed by atoms with Gasteiger partial charge in [-0.3, -0.25) is 14.9 Å². The molecule has 1 saturated carbocycles. The van der Waals surface area contributed by atoms with Crippen LogP contribution in [0.1, 0.15) is 31.2 Å². The average Bonchev–Trinajstić information content (AvgIpc) is 2.96. The first kappa shape index (κ1) is 27.6. The molecule has 0 spiro atoms. The molecule has 0 radical (unpaired) electrons. The fourth-order valence-electron chi connectivity index (χ4n) is 5.32. The third kappa shape index (κ3) is 6.44. The highest BCUT2D eigenvalue weighted by Gasteiger charge is 2.38. The minimum atomic E-state index is -4.82. The summed E-state index contributed by atoms with van der Waals surface area (Å²) < 4.78 is 45.7. The first-order valence-corrected chi connectivity index (χ1v) is 13.3. The largest absolute Gasteiger partial charge is 0.423 e. The second-order valence-electron chi connectivity index (χ2n) is 10.1. The van der Waals surface area contributed by atoms with Gasteiger partial charge in [-0.15, -0.1) is 0 Å². The summed E-state index contributed by atoms with van der Waals surface area (Å²) in [5, 5.41) is 15.1. The van der Waals surface area contributed by atoms with Crippen LogP contribution in [-0.4, -0.2) is 65.6 Å². The van der Waals surface area contributed by atoms with Crippen LogP contribution in [0.15, 0.2) is 54.6 Å². The summed E-state index contributed by atoms with van der Waals surface area (Å²) >= 11 is 0. The number of pyridine rings is 1. The number of nitrogens with one attached hydrogen (secondary N) is 1. The van der Waals surface area contributed by atoms with Crippen LogP contribution in [0.5, 0.6) is 0 Å². The van der Waals surface area contributed by atoms with Gasteiger partial charge in [-0.05, 0) is 56.0 Å². The summed E-state index contributed by atoms with van der Waals surface area (Å²) in [5.41, 5.74) is -1.11. The Hall–Kier alpha value is -3.93. The Morgan fingerprint density at radius 2 is 1.75 bits per heavy atom. The van der Waals surface area contributed by atoms with E-state index in [2.05, 4.69) is 16.3 Å². The molecule has 0 atom stereocenters. The Balaban J connectivity index is 1.05. The highest BCUT2D eigenvalue weighted by atomic mass is 19.4. The SMILES string of the molecule is O=C(COC1CCC(Nc2ccc([N+](=O)[O-])c(C(F)(F)F)c2)CC1)N1CCN(c2ccc3ccccc3n2)CC1. The molecule has 1 N–H and O–H groups in total. The van der Waals surface area contributed by atoms with Crippen molar-refractivity contribution in [3.8, 4) is 0 Å². The first-order valence-electron chi connectivity index (χ1n) is 13.3. The molecule has 1 saturated heterocycles. The molecule has 5 rings (SSSR count). The summed E-state index contributed by atoms with van der Waals surface area (Å²) in [6.07, 6.45) is -2.31. The Morgan fingerprint density at radius 1 is 1.02 bits per heavy atom. The molecule has 1 aliphatic carbocycles. The minimum absolute atomic E-state index is 0.00567. The van der Waals surface area contributed by atoms with E-state index in [4.69, 9.17) is 9.72 Å². The van der Waals surface area contributed by atoms with Gasteiger partial charge in [-0.1, -0.05) is 18.2 Å². The number of benzene rings is 2. The average molecular weight is 558 g/mol. The van der Waals surface area contributed by atoms with Crippen molar-refractivity contribution in [2.45, 2.75) is 44.0 Å². The lowest BCUT2D eigenvalue weighted by Crippen LogP contribution is -2.50. The lowest BCUT2D eigenvalue weighted by Gasteiger charge is -2.36. The van der Waals surface area contributed by atoms with Crippen LogP contribution < -0.4 is 10.2 Å². The molecule has 40 heavy (non-hydrogen) atoms. The predicted molar refractivity (Wildman–Crippen MR) is 144 cm³/mol. The number of alkyl halides is 3. The highest BCUT2D eigenvalue weighted by molar-refractivity contribution is 5.80. The Morgan fingerprint density at radius 3 is 2.45 bits per heavy atom. The van der Waals surface area contributed by atoms with Crippen molar-refractivity contribution in [1.29, 1.82) is 0 Å². The van der Waals surface area contributed by atoms with E-state index in [-0.39, 0.29) is 30.3 Å². The van der Waals surface area contributed by atoms with Gasteiger partial charge in [-0.25, -0.2) is 4.98 Å². The first-order chi connectivity index (χ1) is 19.2. The van der Waals surface area contributed by atoms with Crippen LogP contribution in [-0.2, 0) is 15.7 Å². The molecule has 1 aliphatic heterocycles. The molecule has 0 bridgehead atoms. The van der Waals surface area contributed by atoms with Crippen LogP contribution in [0, 0.1) is 10.1 Å². The second kappa shape index (κ2) is 11.7. The molecule has 0 unspecified atom stereocenters. The third-order valence-corrected chi connectivity index (χ3v) is 7.53. The monoisotopic (exact) mass is 557 g/mol. The number of nitrogens with zero attached hydrogens (tertiary/aromatic N) is 4. The number of rotatable bonds is 7. The lowest BCUT2D eigenvalue weighted by molar-refractivity contribution is -0.388. The number of ether oxygens (including phenoxy) is 1. The van der Waals surface area contributed by atoms with Crippen LogP contribution in [0.3, 0.4) is 0 Å². The van der Waals surface area contributed by atoms with Crippen molar-refractivity contribution in [2.75, 3.05) is 43.0 Å². The van der Waals surface area contributed by atoms with E-state index >= 15 is 0 Å². The number of aromatic nitrogens is 1. The number of fused-ring (bicyclic) bond motifs is 1. The van der Waals surface area contributed by atoms with E-state index in [1.165, 1.54) is 6.07 Å². The Kier molecular flexibility index (Phi) is 8.06. The number of amides is 1. The number of piperazine rings is 1. The lowest BCUT2D eigenvalue weighted by atomic mass is 9.92. The number of para-hydroxylation sites is 1. The number of halogens is 3. The zero-order chi connectivity index (χ0) is 28.3. The van der Waals surface area contributed by atoms with Crippen molar-refractivity contribution >= 4 is 34.0 Å². The smallest absolute Gasteiger partial charge is 0.382 e. The molecule has 9 nitrogen and oxygen atoms in total. The van der Waals surface area contributed by atoms with Crippen LogP contribution in [0.2, 0.25) is 0 Å². The van der Waals surface area contributed by atoms with Crippen molar-refractivity contribution < 1.29 is 27.6 Å². The van der Waals surface area contributed by atoms with E-state index in [9.17, 15) is 28.1 Å². The number of hydrogen-bond donors (Lipinski definition) is 1. The van der Waals surface area contributed by atoms with Crippen LogP contribution in [0.25, 0.3) is 10.9 Å². The fourth-order valence-corrected chi connectivity index (χ4v) is 5.32. The molecule has 1 aromatic heterocycles. The van der Waals surface area contributed by atoms with Gasteiger partial charge in [0.1, 0.15) is 18.0 Å². The van der Waals surface area contributed by atoms with E-state index in [0.29, 0.717) is 51.9 Å². The quantitative estimate of drug-likeness (QED) is 0.313. The number of anilines is 2. The molecule has 3 aromatic rings. The summed E-state index contributed by atoms with van der Waals surface area (Å²) in [4.78, 5) is 31.4. The van der Waals surface area contributed by atoms with Crippen molar-refractivity contribution in [2.24, 2.45) is 0 Å². The number of nitro groups is 1. The topological polar surface area (TPSA) is 101 Å². The maximum atomic E-state index is 13.3. The summed E-state index contributed by atoms with van der Waals surface area (Å²) in [5.74, 6) is 0.840. The third-order valence-electron chi connectivity index (χ3n) is 7.53. The molecule has 2 heterocycles. The molecule has 212 valence electrons. The Labute approximate surface area is 229 Å². The fraction of sp³-hybridized carbons (Fsp3) is 0.429. The highest BCUT2D eigenvalue weighted by Crippen LogP contribution is 2.38. The zero-order valence-electron chi connectivity index (χ0n) is 21.8. The molecule has 1 amide bonds. The molecule has 2 aromatic carbocycles. The van der Waals surface area contributed by atoms with Crippen molar-refractivity contribution in [3.63, 3.8) is 0 Å². The van der Waals surface area contributed by atoms with Crippen molar-refractivity contribution in [1.82, 2.24) is 9.88 Å². The van der Waals surface area contributed by atoms with Gasteiger partial charge >= 0.3 is 6.18 Å². The summed E-state index contributed by atoms with van der Waals surface area (Å²) in [6.45, 7) is 2.54.